The predicted octanol–water partition coefficient (Wildman–Crippen LogP) is 18.0. The van der Waals surface area contributed by atoms with Crippen LogP contribution in [0.25, 0.3) is 0 Å². The van der Waals surface area contributed by atoms with E-state index in [1.807, 2.05) is 6.08 Å². The molecule has 12 heteroatoms. The molecule has 0 saturated carbocycles. The molecule has 0 rings (SSSR count). The molecule has 3 unspecified atom stereocenters. The van der Waals surface area contributed by atoms with Crippen LogP contribution in [0.1, 0.15) is 252 Å². The lowest BCUT2D eigenvalue weighted by atomic mass is 10.1. The molecule has 0 spiro atoms. The molecular formula is C64H109O11P. The first-order valence-electron chi connectivity index (χ1n) is 30.1. The van der Waals surface area contributed by atoms with Gasteiger partial charge in [-0.1, -0.05) is 221 Å². The summed E-state index contributed by atoms with van der Waals surface area (Å²) in [6, 6.07) is 0. The number of aliphatic hydroxyl groups is 1. The minimum atomic E-state index is -4.77. The molecule has 11 nitrogen and oxygen atoms in total. The standard InChI is InChI=1S/C64H109O11P/c1-4-7-10-13-16-19-22-25-27-29-30-32-34-37-40-43-46-49-52-55-64(68)75-61(57-71-62(66)53-50-47-44-41-38-36-33-31-28-26-23-20-17-14-11-8-5-2)59-73-76(69,70)72-58-60(56-65)74-63(67)54-51-48-45-42-39-35-24-21-18-15-12-9-6-3/h8,11-12,15,17,20-21,24-28,33,36,41,44,60-61,65H,4-7,9-10,13-14,16,18-19,22-23,29-32,34-35,37-40,42-43,45-59H2,1-3H3,(H,69,70)/b11-8-,15-12-,20-17-,24-21-,27-25-,28-26-,36-33-,44-41-. The van der Waals surface area contributed by atoms with Gasteiger partial charge in [0, 0.05) is 19.3 Å². The van der Waals surface area contributed by atoms with Gasteiger partial charge in [-0.2, -0.15) is 0 Å². The number of rotatable bonds is 55. The van der Waals surface area contributed by atoms with E-state index in [0.29, 0.717) is 25.7 Å². The van der Waals surface area contributed by atoms with Crippen molar-refractivity contribution in [3.05, 3.63) is 97.2 Å². The van der Waals surface area contributed by atoms with Crippen molar-refractivity contribution in [3.8, 4) is 0 Å². The zero-order chi connectivity index (χ0) is 55.5. The molecule has 0 amide bonds. The van der Waals surface area contributed by atoms with Crippen LogP contribution in [0.5, 0.6) is 0 Å². The topological polar surface area (TPSA) is 155 Å². The third kappa shape index (κ3) is 55.2. The van der Waals surface area contributed by atoms with Crippen molar-refractivity contribution in [2.75, 3.05) is 26.4 Å². The Labute approximate surface area is 463 Å². The molecule has 0 radical (unpaired) electrons. The summed E-state index contributed by atoms with van der Waals surface area (Å²) < 4.78 is 39.5. The molecular weight excluding hydrogens is 976 g/mol. The zero-order valence-electron chi connectivity index (χ0n) is 48.2. The molecule has 0 aromatic rings. The highest BCUT2D eigenvalue weighted by atomic mass is 31.2. The average molecular weight is 1090 g/mol. The first-order chi connectivity index (χ1) is 37.2. The number of hydrogen-bond donors (Lipinski definition) is 2. The smallest absolute Gasteiger partial charge is 0.462 e. The minimum Gasteiger partial charge on any atom is -0.462 e. The minimum absolute atomic E-state index is 0.144. The third-order valence-electron chi connectivity index (χ3n) is 12.4. The Kier molecular flexibility index (Phi) is 54.8. The molecule has 0 fully saturated rings. The number of aliphatic hydroxyl groups excluding tert-OH is 1. The Hall–Kier alpha value is -3.60. The maximum absolute atomic E-state index is 12.9. The number of phosphoric ester groups is 1. The summed E-state index contributed by atoms with van der Waals surface area (Å²) in [5.74, 6) is -1.55. The summed E-state index contributed by atoms with van der Waals surface area (Å²) in [6.07, 6.45) is 68.0. The van der Waals surface area contributed by atoms with Gasteiger partial charge in [-0.05, 0) is 109 Å². The number of esters is 3. The zero-order valence-corrected chi connectivity index (χ0v) is 49.1. The summed E-state index contributed by atoms with van der Waals surface area (Å²) >= 11 is 0. The van der Waals surface area contributed by atoms with Crippen LogP contribution in [0, 0.1) is 0 Å². The molecule has 0 aromatic carbocycles. The number of unbranched alkanes of at least 4 members (excludes halogenated alkanes) is 22. The first-order valence-corrected chi connectivity index (χ1v) is 31.6. The fourth-order valence-corrected chi connectivity index (χ4v) is 8.68. The highest BCUT2D eigenvalue weighted by molar-refractivity contribution is 7.47. The summed E-state index contributed by atoms with van der Waals surface area (Å²) in [5.41, 5.74) is 0. The highest BCUT2D eigenvalue weighted by Gasteiger charge is 2.28. The second-order valence-electron chi connectivity index (χ2n) is 19.8. The van der Waals surface area contributed by atoms with E-state index < -0.39 is 57.8 Å². The number of phosphoric acid groups is 1. The van der Waals surface area contributed by atoms with Gasteiger partial charge in [-0.25, -0.2) is 4.57 Å². The highest BCUT2D eigenvalue weighted by Crippen LogP contribution is 2.43. The quantitative estimate of drug-likeness (QED) is 0.0197. The lowest BCUT2D eigenvalue weighted by molar-refractivity contribution is -0.161. The molecule has 3 atom stereocenters. The Morgan fingerprint density at radius 1 is 0.382 bits per heavy atom. The Morgan fingerprint density at radius 3 is 1.16 bits per heavy atom. The number of hydrogen-bond acceptors (Lipinski definition) is 10. The first kappa shape index (κ1) is 72.4. The van der Waals surface area contributed by atoms with Crippen molar-refractivity contribution in [1.82, 2.24) is 0 Å². The van der Waals surface area contributed by atoms with Gasteiger partial charge in [0.1, 0.15) is 12.7 Å². The van der Waals surface area contributed by atoms with E-state index in [1.54, 1.807) is 0 Å². The molecule has 2 N–H and O–H groups in total. The molecule has 0 heterocycles. The van der Waals surface area contributed by atoms with Crippen molar-refractivity contribution in [3.63, 3.8) is 0 Å². The molecule has 0 aliphatic rings. The fraction of sp³-hybridized carbons (Fsp3) is 0.703. The van der Waals surface area contributed by atoms with Gasteiger partial charge in [-0.15, -0.1) is 0 Å². The third-order valence-corrected chi connectivity index (χ3v) is 13.4. The number of allylic oxidation sites excluding steroid dienone is 16. The van der Waals surface area contributed by atoms with Crippen molar-refractivity contribution in [1.29, 1.82) is 0 Å². The number of carbonyl (C=O) groups is 3. The Balaban J connectivity index is 4.81. The normalized spacial score (nSPS) is 14.0. The van der Waals surface area contributed by atoms with Crippen LogP contribution in [0.3, 0.4) is 0 Å². The Morgan fingerprint density at radius 2 is 0.724 bits per heavy atom. The second kappa shape index (κ2) is 57.6. The van der Waals surface area contributed by atoms with E-state index in [2.05, 4.69) is 112 Å². The molecule has 0 saturated heterocycles. The van der Waals surface area contributed by atoms with Crippen molar-refractivity contribution in [2.24, 2.45) is 0 Å². The summed E-state index contributed by atoms with van der Waals surface area (Å²) in [4.78, 5) is 48.6. The Bertz CT molecular complexity index is 1640. The maximum atomic E-state index is 12.9. The van der Waals surface area contributed by atoms with Crippen LogP contribution in [-0.4, -0.2) is 66.5 Å². The van der Waals surface area contributed by atoms with Crippen LogP contribution in [0.2, 0.25) is 0 Å². The van der Waals surface area contributed by atoms with Gasteiger partial charge in [-0.3, -0.25) is 23.4 Å². The summed E-state index contributed by atoms with van der Waals surface area (Å²) in [5, 5.41) is 9.81. The van der Waals surface area contributed by atoms with Gasteiger partial charge >= 0.3 is 25.7 Å². The van der Waals surface area contributed by atoms with E-state index in [9.17, 15) is 28.9 Å². The molecule has 436 valence electrons. The van der Waals surface area contributed by atoms with Crippen molar-refractivity contribution in [2.45, 2.75) is 264 Å². The van der Waals surface area contributed by atoms with E-state index in [1.165, 1.54) is 83.5 Å². The van der Waals surface area contributed by atoms with Gasteiger partial charge < -0.3 is 24.2 Å². The van der Waals surface area contributed by atoms with Crippen molar-refractivity contribution >= 4 is 25.7 Å². The number of ether oxygens (including phenoxy) is 3. The summed E-state index contributed by atoms with van der Waals surface area (Å²) in [6.45, 7) is 4.39. The second-order valence-corrected chi connectivity index (χ2v) is 21.2. The van der Waals surface area contributed by atoms with E-state index >= 15 is 0 Å². The van der Waals surface area contributed by atoms with Gasteiger partial charge in [0.25, 0.3) is 0 Å². The lowest BCUT2D eigenvalue weighted by Crippen LogP contribution is -2.30. The van der Waals surface area contributed by atoms with Crippen molar-refractivity contribution < 1.29 is 52.2 Å². The largest absolute Gasteiger partial charge is 0.472 e. The van der Waals surface area contributed by atoms with E-state index in [0.717, 1.165) is 103 Å². The predicted molar refractivity (Wildman–Crippen MR) is 316 cm³/mol. The molecule has 0 bridgehead atoms. The maximum Gasteiger partial charge on any atom is 0.472 e. The lowest BCUT2D eigenvalue weighted by Gasteiger charge is -2.21. The molecule has 0 aromatic heterocycles. The monoisotopic (exact) mass is 1080 g/mol. The van der Waals surface area contributed by atoms with Crippen LogP contribution in [0.4, 0.5) is 0 Å². The van der Waals surface area contributed by atoms with Gasteiger partial charge in [0.15, 0.2) is 6.10 Å². The number of carbonyl (C=O) groups excluding carboxylic acids is 3. The van der Waals surface area contributed by atoms with Gasteiger partial charge in [0.05, 0.1) is 19.8 Å². The molecule has 76 heavy (non-hydrogen) atoms. The van der Waals surface area contributed by atoms with Crippen LogP contribution >= 0.6 is 7.82 Å². The fourth-order valence-electron chi connectivity index (χ4n) is 7.90. The van der Waals surface area contributed by atoms with Gasteiger partial charge in [0.2, 0.25) is 0 Å². The van der Waals surface area contributed by atoms with E-state index in [4.69, 9.17) is 23.3 Å². The molecule has 0 aliphatic carbocycles. The van der Waals surface area contributed by atoms with Crippen LogP contribution in [0.15, 0.2) is 97.2 Å². The molecule has 0 aliphatic heterocycles. The SMILES string of the molecule is CC/C=C\C/C=C\C/C=C\C/C=C\C/C=C\CCCC(=O)OCC(COP(=O)(O)OCC(CO)OC(=O)CCCCCCC/C=C\C/C=C\CCC)OC(=O)CCCCCCCCCCC/C=C\CCCCCCCC. The average Bonchev–Trinajstić information content (AvgIpc) is 3.41. The van der Waals surface area contributed by atoms with Crippen LogP contribution in [-0.2, 0) is 42.2 Å². The summed E-state index contributed by atoms with van der Waals surface area (Å²) in [7, 11) is -4.77. The van der Waals surface area contributed by atoms with Crippen LogP contribution < -0.4 is 0 Å². The van der Waals surface area contributed by atoms with E-state index in [-0.39, 0.29) is 25.9 Å².